The molecule has 0 saturated heterocycles. The van der Waals surface area contributed by atoms with Crippen molar-refractivity contribution in [3.8, 4) is 11.5 Å². The highest BCUT2D eigenvalue weighted by Crippen LogP contribution is 2.39. The number of aliphatic carboxylic acids is 1. The number of carboxylic acids is 1. The van der Waals surface area contributed by atoms with E-state index in [9.17, 15) is 9.90 Å². The van der Waals surface area contributed by atoms with E-state index in [-0.39, 0.29) is 6.04 Å². The number of aromatic nitrogens is 2. The summed E-state index contributed by atoms with van der Waals surface area (Å²) in [5.41, 5.74) is 5.96. The Hall–Kier alpha value is -3.53. The normalized spacial score (nSPS) is 17.1. The van der Waals surface area contributed by atoms with E-state index in [1.807, 2.05) is 48.5 Å². The molecule has 0 radical (unpaired) electrons. The SMILES string of the molecule is COc1ccc2[nH]c3c(c2c1)C[C@H](C(=O)O)N[C@H]3c1ccc(OC)c(CSc2nc3ccccc3s2)c1. The summed E-state index contributed by atoms with van der Waals surface area (Å²) in [5.74, 6) is 1.36. The molecule has 2 atom stereocenters. The lowest BCUT2D eigenvalue weighted by molar-refractivity contribution is -0.139. The number of nitrogens with zero attached hydrogens (tertiary/aromatic N) is 1. The first-order chi connectivity index (χ1) is 18.0. The molecule has 0 fully saturated rings. The van der Waals surface area contributed by atoms with Crippen molar-refractivity contribution in [3.63, 3.8) is 0 Å². The van der Waals surface area contributed by atoms with Crippen molar-refractivity contribution in [2.75, 3.05) is 14.2 Å². The van der Waals surface area contributed by atoms with Gasteiger partial charge in [-0.2, -0.15) is 0 Å². The summed E-state index contributed by atoms with van der Waals surface area (Å²) in [4.78, 5) is 20.4. The van der Waals surface area contributed by atoms with Crippen LogP contribution >= 0.6 is 23.1 Å². The third-order valence-corrected chi connectivity index (χ3v) is 9.00. The van der Waals surface area contributed by atoms with Crippen LogP contribution in [0.25, 0.3) is 21.1 Å². The Balaban J connectivity index is 1.37. The number of hydrogen-bond donors (Lipinski definition) is 3. The standard InChI is InChI=1S/C28H25N3O4S2/c1-34-17-8-9-20-18(12-17)19-13-22(27(32)33)30-25(26(19)29-20)15-7-10-23(35-2)16(11-15)14-36-28-31-21-5-3-4-6-24(21)37-28/h3-12,22,25,29-30H,13-14H2,1-2H3,(H,32,33)/t22-,25+/m1/s1. The van der Waals surface area contributed by atoms with Crippen molar-refractivity contribution in [2.24, 2.45) is 0 Å². The van der Waals surface area contributed by atoms with Gasteiger partial charge in [-0.15, -0.1) is 11.3 Å². The van der Waals surface area contributed by atoms with E-state index in [0.717, 1.165) is 54.6 Å². The van der Waals surface area contributed by atoms with Crippen molar-refractivity contribution >= 4 is 50.2 Å². The molecule has 0 unspecified atom stereocenters. The number of hydrogen-bond acceptors (Lipinski definition) is 7. The third-order valence-electron chi connectivity index (χ3n) is 6.77. The van der Waals surface area contributed by atoms with E-state index in [0.29, 0.717) is 12.2 Å². The van der Waals surface area contributed by atoms with Gasteiger partial charge in [0.1, 0.15) is 17.5 Å². The lowest BCUT2D eigenvalue weighted by Crippen LogP contribution is -2.45. The van der Waals surface area contributed by atoms with E-state index >= 15 is 0 Å². The van der Waals surface area contributed by atoms with Crippen molar-refractivity contribution in [1.29, 1.82) is 0 Å². The largest absolute Gasteiger partial charge is 0.497 e. The molecule has 2 aromatic heterocycles. The molecular formula is C28H25N3O4S2. The number of thiazole rings is 1. The quantitative estimate of drug-likeness (QED) is 0.229. The summed E-state index contributed by atoms with van der Waals surface area (Å²) in [6.45, 7) is 0. The Morgan fingerprint density at radius 2 is 2.00 bits per heavy atom. The summed E-state index contributed by atoms with van der Waals surface area (Å²) in [7, 11) is 3.30. The summed E-state index contributed by atoms with van der Waals surface area (Å²) < 4.78 is 13.3. The highest BCUT2D eigenvalue weighted by atomic mass is 32.2. The van der Waals surface area contributed by atoms with Crippen LogP contribution in [0.4, 0.5) is 0 Å². The van der Waals surface area contributed by atoms with Crippen LogP contribution in [0.15, 0.2) is 65.0 Å². The minimum absolute atomic E-state index is 0.305. The molecule has 3 aromatic carbocycles. The first-order valence-electron chi connectivity index (χ1n) is 11.9. The maximum Gasteiger partial charge on any atom is 0.321 e. The molecule has 188 valence electrons. The van der Waals surface area contributed by atoms with Crippen molar-refractivity contribution in [1.82, 2.24) is 15.3 Å². The van der Waals surface area contributed by atoms with E-state index in [2.05, 4.69) is 22.4 Å². The Morgan fingerprint density at radius 3 is 2.78 bits per heavy atom. The maximum atomic E-state index is 12.1. The number of rotatable bonds is 7. The number of H-pyrrole nitrogens is 1. The fraction of sp³-hybridized carbons (Fsp3) is 0.214. The van der Waals surface area contributed by atoms with Gasteiger partial charge in [0.2, 0.25) is 0 Å². The van der Waals surface area contributed by atoms with Gasteiger partial charge in [0, 0.05) is 34.3 Å². The molecule has 3 heterocycles. The van der Waals surface area contributed by atoms with Crippen LogP contribution in [-0.2, 0) is 17.0 Å². The van der Waals surface area contributed by atoms with Crippen molar-refractivity contribution in [3.05, 3.63) is 83.0 Å². The Bertz CT molecular complexity index is 1590. The zero-order valence-electron chi connectivity index (χ0n) is 20.3. The molecule has 0 saturated carbocycles. The fourth-order valence-electron chi connectivity index (χ4n) is 4.95. The second-order valence-electron chi connectivity index (χ2n) is 8.93. The number of fused-ring (bicyclic) bond motifs is 4. The van der Waals surface area contributed by atoms with Gasteiger partial charge in [-0.25, -0.2) is 4.98 Å². The minimum atomic E-state index is -0.868. The number of ether oxygens (including phenoxy) is 2. The molecule has 5 aromatic rings. The molecule has 0 aliphatic carbocycles. The smallest absolute Gasteiger partial charge is 0.321 e. The monoisotopic (exact) mass is 531 g/mol. The highest BCUT2D eigenvalue weighted by Gasteiger charge is 2.34. The van der Waals surface area contributed by atoms with Gasteiger partial charge in [-0.1, -0.05) is 30.0 Å². The van der Waals surface area contributed by atoms with Crippen molar-refractivity contribution in [2.45, 2.75) is 28.6 Å². The Morgan fingerprint density at radius 1 is 1.14 bits per heavy atom. The predicted molar refractivity (Wildman–Crippen MR) is 147 cm³/mol. The molecule has 1 aliphatic heterocycles. The molecule has 3 N–H and O–H groups in total. The number of para-hydroxylation sites is 1. The summed E-state index contributed by atoms with van der Waals surface area (Å²) in [6.07, 6.45) is 0.394. The molecular weight excluding hydrogens is 506 g/mol. The third kappa shape index (κ3) is 4.43. The van der Waals surface area contributed by atoms with Gasteiger partial charge in [0.25, 0.3) is 0 Å². The van der Waals surface area contributed by atoms with Crippen LogP contribution in [0.1, 0.15) is 28.4 Å². The molecule has 7 nitrogen and oxygen atoms in total. The van der Waals surface area contributed by atoms with Gasteiger partial charge in [-0.05, 0) is 53.6 Å². The Labute approximate surface area is 221 Å². The van der Waals surface area contributed by atoms with E-state index in [1.165, 1.54) is 4.70 Å². The molecule has 0 amide bonds. The number of methoxy groups -OCH3 is 2. The zero-order valence-corrected chi connectivity index (χ0v) is 21.9. The first-order valence-corrected chi connectivity index (χ1v) is 13.7. The van der Waals surface area contributed by atoms with Crippen LogP contribution in [0.3, 0.4) is 0 Å². The topological polar surface area (TPSA) is 96.5 Å². The molecule has 6 rings (SSSR count). The van der Waals surface area contributed by atoms with Gasteiger partial charge >= 0.3 is 5.97 Å². The van der Waals surface area contributed by atoms with Gasteiger partial charge in [0.15, 0.2) is 4.34 Å². The minimum Gasteiger partial charge on any atom is -0.497 e. The Kier molecular flexibility index (Phi) is 6.27. The zero-order chi connectivity index (χ0) is 25.5. The van der Waals surface area contributed by atoms with Crippen LogP contribution in [-0.4, -0.2) is 41.3 Å². The maximum absolute atomic E-state index is 12.1. The first kappa shape index (κ1) is 23.8. The molecule has 37 heavy (non-hydrogen) atoms. The summed E-state index contributed by atoms with van der Waals surface area (Å²) in [5, 5.41) is 14.3. The molecule has 0 bridgehead atoms. The second kappa shape index (κ2) is 9.74. The lowest BCUT2D eigenvalue weighted by atomic mass is 9.89. The summed E-state index contributed by atoms with van der Waals surface area (Å²) in [6, 6.07) is 19.1. The number of benzene rings is 3. The fourth-order valence-corrected chi connectivity index (χ4v) is 7.00. The van der Waals surface area contributed by atoms with E-state index in [4.69, 9.17) is 14.5 Å². The lowest BCUT2D eigenvalue weighted by Gasteiger charge is -2.30. The number of carboxylic acid groups (broad SMARTS) is 1. The van der Waals surface area contributed by atoms with E-state index in [1.54, 1.807) is 37.3 Å². The number of aromatic amines is 1. The predicted octanol–water partition coefficient (Wildman–Crippen LogP) is 5.78. The van der Waals surface area contributed by atoms with Crippen molar-refractivity contribution < 1.29 is 19.4 Å². The average molecular weight is 532 g/mol. The van der Waals surface area contributed by atoms with Crippen LogP contribution < -0.4 is 14.8 Å². The number of thioether (sulfide) groups is 1. The summed E-state index contributed by atoms with van der Waals surface area (Å²) >= 11 is 3.35. The number of nitrogens with one attached hydrogen (secondary N) is 2. The van der Waals surface area contributed by atoms with Crippen LogP contribution in [0.5, 0.6) is 11.5 Å². The average Bonchev–Trinajstić information content (AvgIpc) is 3.51. The van der Waals surface area contributed by atoms with E-state index < -0.39 is 12.0 Å². The van der Waals surface area contributed by atoms with Gasteiger partial charge < -0.3 is 19.6 Å². The molecule has 1 aliphatic rings. The van der Waals surface area contributed by atoms with Gasteiger partial charge in [0.05, 0.1) is 30.5 Å². The number of carbonyl (C=O) groups is 1. The highest BCUT2D eigenvalue weighted by molar-refractivity contribution is 8.00. The van der Waals surface area contributed by atoms with Crippen LogP contribution in [0, 0.1) is 0 Å². The van der Waals surface area contributed by atoms with Gasteiger partial charge in [-0.3, -0.25) is 10.1 Å². The molecule has 0 spiro atoms. The second-order valence-corrected chi connectivity index (χ2v) is 11.2. The van der Waals surface area contributed by atoms with Crippen LogP contribution in [0.2, 0.25) is 0 Å². The molecule has 9 heteroatoms.